The van der Waals surface area contributed by atoms with Crippen LogP contribution in [0.15, 0.2) is 48.5 Å². The van der Waals surface area contributed by atoms with Gasteiger partial charge in [0.15, 0.2) is 5.65 Å². The van der Waals surface area contributed by atoms with Gasteiger partial charge in [0.05, 0.1) is 17.6 Å². The van der Waals surface area contributed by atoms with E-state index in [1.54, 1.807) is 16.7 Å². The summed E-state index contributed by atoms with van der Waals surface area (Å²) in [6, 6.07) is 14.6. The third-order valence-corrected chi connectivity index (χ3v) is 4.59. The van der Waals surface area contributed by atoms with Gasteiger partial charge >= 0.3 is 5.97 Å². The number of aromatic nitrogens is 3. The standard InChI is InChI=1S/C21H19ClN4O2/c1-12(2)11-28-21(27)17-18-20(25-16-6-4-3-5-15(16)24-18)26(19(17)23)14-9-7-13(22)8-10-14/h3-10,12H,11,23H2,1-2H3. The van der Waals surface area contributed by atoms with Gasteiger partial charge < -0.3 is 10.5 Å². The third kappa shape index (κ3) is 3.16. The number of halogens is 1. The first-order chi connectivity index (χ1) is 13.5. The number of fused-ring (bicyclic) bond motifs is 2. The molecule has 0 aliphatic heterocycles. The molecule has 4 rings (SSSR count). The SMILES string of the molecule is CC(C)COC(=O)c1c(N)n(-c2ccc(Cl)cc2)c2nc3ccccc3nc12. The van der Waals surface area contributed by atoms with Crippen LogP contribution < -0.4 is 5.73 Å². The number of rotatable bonds is 4. The molecule has 0 bridgehead atoms. The van der Waals surface area contributed by atoms with E-state index in [4.69, 9.17) is 27.1 Å². The molecule has 0 spiro atoms. The molecule has 2 aromatic carbocycles. The van der Waals surface area contributed by atoms with Crippen molar-refractivity contribution >= 4 is 45.6 Å². The van der Waals surface area contributed by atoms with Gasteiger partial charge in [-0.25, -0.2) is 14.8 Å². The highest BCUT2D eigenvalue weighted by Crippen LogP contribution is 2.32. The Morgan fingerprint density at radius 1 is 1.11 bits per heavy atom. The number of hydrogen-bond acceptors (Lipinski definition) is 5. The van der Waals surface area contributed by atoms with Gasteiger partial charge in [-0.2, -0.15) is 0 Å². The summed E-state index contributed by atoms with van der Waals surface area (Å²) in [5.74, 6) is -0.0587. The monoisotopic (exact) mass is 394 g/mol. The zero-order chi connectivity index (χ0) is 19.8. The summed E-state index contributed by atoms with van der Waals surface area (Å²) >= 11 is 6.02. The molecule has 0 fully saturated rings. The second kappa shape index (κ2) is 7.13. The minimum atomic E-state index is -0.506. The Kier molecular flexibility index (Phi) is 4.65. The molecular weight excluding hydrogens is 376 g/mol. The molecular formula is C21H19ClN4O2. The van der Waals surface area contributed by atoms with Crippen molar-refractivity contribution in [3.05, 3.63) is 59.1 Å². The van der Waals surface area contributed by atoms with Crippen LogP contribution >= 0.6 is 11.6 Å². The number of carbonyl (C=O) groups is 1. The highest BCUT2D eigenvalue weighted by atomic mass is 35.5. The number of nitrogen functional groups attached to an aromatic ring is 1. The van der Waals surface area contributed by atoms with Crippen LogP contribution in [0.3, 0.4) is 0 Å². The predicted molar refractivity (Wildman–Crippen MR) is 111 cm³/mol. The maximum Gasteiger partial charge on any atom is 0.344 e. The van der Waals surface area contributed by atoms with Crippen LogP contribution in [0.1, 0.15) is 24.2 Å². The van der Waals surface area contributed by atoms with Crippen molar-refractivity contribution in [2.24, 2.45) is 5.92 Å². The predicted octanol–water partition coefficient (Wildman–Crippen LogP) is 4.62. The number of hydrogen-bond donors (Lipinski definition) is 1. The fraction of sp³-hybridized carbons (Fsp3) is 0.190. The number of esters is 1. The lowest BCUT2D eigenvalue weighted by Gasteiger charge is -2.09. The van der Waals surface area contributed by atoms with Gasteiger partial charge in [0.25, 0.3) is 0 Å². The number of ether oxygens (including phenoxy) is 1. The van der Waals surface area contributed by atoms with Gasteiger partial charge in [0.1, 0.15) is 16.9 Å². The minimum Gasteiger partial charge on any atom is -0.462 e. The van der Waals surface area contributed by atoms with Crippen molar-refractivity contribution in [3.63, 3.8) is 0 Å². The summed E-state index contributed by atoms with van der Waals surface area (Å²) < 4.78 is 7.14. The quantitative estimate of drug-likeness (QED) is 0.510. The zero-order valence-electron chi connectivity index (χ0n) is 15.5. The van der Waals surface area contributed by atoms with Gasteiger partial charge in [0.2, 0.25) is 0 Å². The molecule has 0 aliphatic carbocycles. The number of anilines is 1. The van der Waals surface area contributed by atoms with E-state index in [0.29, 0.717) is 33.8 Å². The average molecular weight is 395 g/mol. The molecule has 0 unspecified atom stereocenters. The maximum atomic E-state index is 12.8. The highest BCUT2D eigenvalue weighted by molar-refractivity contribution is 6.30. The Bertz CT molecular complexity index is 1180. The number of carbonyl (C=O) groups excluding carboxylic acids is 1. The van der Waals surface area contributed by atoms with E-state index in [-0.39, 0.29) is 17.3 Å². The number of benzene rings is 2. The van der Waals surface area contributed by atoms with Gasteiger partial charge in [0, 0.05) is 10.7 Å². The molecule has 28 heavy (non-hydrogen) atoms. The van der Waals surface area contributed by atoms with Gasteiger partial charge in [-0.05, 0) is 42.3 Å². The Labute approximate surface area is 166 Å². The molecule has 0 atom stereocenters. The molecule has 0 saturated heterocycles. The molecule has 2 heterocycles. The second-order valence-corrected chi connectivity index (χ2v) is 7.39. The number of para-hydroxylation sites is 2. The van der Waals surface area contributed by atoms with Crippen LogP contribution in [0.25, 0.3) is 27.9 Å². The molecule has 142 valence electrons. The van der Waals surface area contributed by atoms with Crippen LogP contribution in [0.4, 0.5) is 5.82 Å². The molecule has 2 aromatic heterocycles. The number of nitrogens with two attached hydrogens (primary N) is 1. The van der Waals surface area contributed by atoms with Crippen molar-refractivity contribution < 1.29 is 9.53 Å². The summed E-state index contributed by atoms with van der Waals surface area (Å²) in [5.41, 5.74) is 9.67. The molecule has 0 aliphatic rings. The summed E-state index contributed by atoms with van der Waals surface area (Å²) in [6.45, 7) is 4.24. The minimum absolute atomic E-state index is 0.210. The number of nitrogens with zero attached hydrogens (tertiary/aromatic N) is 3. The van der Waals surface area contributed by atoms with E-state index in [9.17, 15) is 4.79 Å². The Balaban J connectivity index is 1.99. The van der Waals surface area contributed by atoms with Crippen molar-refractivity contribution in [1.82, 2.24) is 14.5 Å². The van der Waals surface area contributed by atoms with Crippen LogP contribution in [0.2, 0.25) is 5.02 Å². The maximum absolute atomic E-state index is 12.8. The van der Waals surface area contributed by atoms with Crippen molar-refractivity contribution in [2.45, 2.75) is 13.8 Å². The summed E-state index contributed by atoms with van der Waals surface area (Å²) in [7, 11) is 0. The highest BCUT2D eigenvalue weighted by Gasteiger charge is 2.26. The van der Waals surface area contributed by atoms with Crippen molar-refractivity contribution in [2.75, 3.05) is 12.3 Å². The Hall–Kier alpha value is -3.12. The lowest BCUT2D eigenvalue weighted by Crippen LogP contribution is -2.12. The lowest BCUT2D eigenvalue weighted by atomic mass is 10.2. The van der Waals surface area contributed by atoms with E-state index < -0.39 is 5.97 Å². The Morgan fingerprint density at radius 3 is 2.39 bits per heavy atom. The fourth-order valence-corrected chi connectivity index (χ4v) is 3.15. The first-order valence-corrected chi connectivity index (χ1v) is 9.33. The summed E-state index contributed by atoms with van der Waals surface area (Å²) in [5, 5.41) is 0.604. The first kappa shape index (κ1) is 18.3. The van der Waals surface area contributed by atoms with E-state index in [0.717, 1.165) is 5.69 Å². The third-order valence-electron chi connectivity index (χ3n) is 4.33. The van der Waals surface area contributed by atoms with Crippen molar-refractivity contribution in [1.29, 1.82) is 0 Å². The van der Waals surface area contributed by atoms with E-state index >= 15 is 0 Å². The van der Waals surface area contributed by atoms with Crippen LogP contribution in [0.5, 0.6) is 0 Å². The van der Waals surface area contributed by atoms with Crippen LogP contribution in [-0.2, 0) is 4.74 Å². The molecule has 4 aromatic rings. The van der Waals surface area contributed by atoms with Gasteiger partial charge in [-0.1, -0.05) is 37.6 Å². The fourth-order valence-electron chi connectivity index (χ4n) is 3.03. The van der Waals surface area contributed by atoms with Crippen LogP contribution in [0, 0.1) is 5.92 Å². The second-order valence-electron chi connectivity index (χ2n) is 6.95. The molecule has 6 nitrogen and oxygen atoms in total. The van der Waals surface area contributed by atoms with E-state index in [1.807, 2.05) is 50.2 Å². The van der Waals surface area contributed by atoms with Crippen molar-refractivity contribution in [3.8, 4) is 5.69 Å². The molecule has 0 radical (unpaired) electrons. The summed E-state index contributed by atoms with van der Waals surface area (Å²) in [4.78, 5) is 22.2. The lowest BCUT2D eigenvalue weighted by molar-refractivity contribution is 0.0462. The topological polar surface area (TPSA) is 83.0 Å². The average Bonchev–Trinajstić information content (AvgIpc) is 2.96. The molecule has 2 N–H and O–H groups in total. The first-order valence-electron chi connectivity index (χ1n) is 8.95. The van der Waals surface area contributed by atoms with E-state index in [2.05, 4.69) is 4.98 Å². The van der Waals surface area contributed by atoms with Gasteiger partial charge in [-0.3, -0.25) is 4.57 Å². The van der Waals surface area contributed by atoms with Gasteiger partial charge in [-0.15, -0.1) is 0 Å². The van der Waals surface area contributed by atoms with Crippen LogP contribution in [-0.4, -0.2) is 27.1 Å². The molecule has 7 heteroatoms. The van der Waals surface area contributed by atoms with E-state index in [1.165, 1.54) is 0 Å². The smallest absolute Gasteiger partial charge is 0.344 e. The zero-order valence-corrected chi connectivity index (χ0v) is 16.3. The largest absolute Gasteiger partial charge is 0.462 e. The molecule has 0 saturated carbocycles. The Morgan fingerprint density at radius 2 is 1.75 bits per heavy atom. The summed E-state index contributed by atoms with van der Waals surface area (Å²) in [6.07, 6.45) is 0. The molecule has 0 amide bonds. The normalized spacial score (nSPS) is 11.4.